The standard InChI is InChI=1S/C16H19N3O3/c1-11-12(2)19(16(21)14-6-4-10-22-14)9-8-18(11)15(20)13-5-3-7-17-13/h3-7,10-12,17H,8-9H2,1-2H3/t11-,12-/m1/s1. The molecule has 2 amide bonds. The van der Waals surface area contributed by atoms with Crippen LogP contribution >= 0.6 is 0 Å². The van der Waals surface area contributed by atoms with Gasteiger partial charge >= 0.3 is 0 Å². The molecule has 1 aliphatic heterocycles. The lowest BCUT2D eigenvalue weighted by Crippen LogP contribution is -2.60. The quantitative estimate of drug-likeness (QED) is 0.922. The Morgan fingerprint density at radius 1 is 1.09 bits per heavy atom. The highest BCUT2D eigenvalue weighted by Gasteiger charge is 2.37. The van der Waals surface area contributed by atoms with Crippen LogP contribution in [-0.4, -0.2) is 51.8 Å². The molecule has 3 heterocycles. The van der Waals surface area contributed by atoms with Gasteiger partial charge in [-0.25, -0.2) is 0 Å². The van der Waals surface area contributed by atoms with Crippen molar-refractivity contribution in [2.24, 2.45) is 0 Å². The molecule has 2 atom stereocenters. The zero-order valence-electron chi connectivity index (χ0n) is 12.7. The molecule has 116 valence electrons. The maximum absolute atomic E-state index is 12.5. The van der Waals surface area contributed by atoms with Crippen LogP contribution in [0.25, 0.3) is 0 Å². The Labute approximate surface area is 128 Å². The molecule has 0 unspecified atom stereocenters. The second-order valence-electron chi connectivity index (χ2n) is 5.54. The Hall–Kier alpha value is -2.50. The maximum Gasteiger partial charge on any atom is 0.289 e. The number of carbonyl (C=O) groups is 2. The van der Waals surface area contributed by atoms with Gasteiger partial charge in [-0.1, -0.05) is 0 Å². The average molecular weight is 301 g/mol. The van der Waals surface area contributed by atoms with E-state index in [9.17, 15) is 9.59 Å². The zero-order chi connectivity index (χ0) is 15.7. The molecular weight excluding hydrogens is 282 g/mol. The van der Waals surface area contributed by atoms with E-state index in [2.05, 4.69) is 4.98 Å². The first kappa shape index (κ1) is 14.4. The molecule has 0 radical (unpaired) electrons. The van der Waals surface area contributed by atoms with Crippen molar-refractivity contribution in [1.29, 1.82) is 0 Å². The summed E-state index contributed by atoms with van der Waals surface area (Å²) in [5.74, 6) is 0.175. The van der Waals surface area contributed by atoms with Crippen LogP contribution in [0.15, 0.2) is 41.1 Å². The fourth-order valence-electron chi connectivity index (χ4n) is 2.88. The van der Waals surface area contributed by atoms with Crippen molar-refractivity contribution in [3.63, 3.8) is 0 Å². The van der Waals surface area contributed by atoms with Crippen LogP contribution in [0.3, 0.4) is 0 Å². The molecule has 0 saturated carbocycles. The number of nitrogens with one attached hydrogen (secondary N) is 1. The molecule has 0 aromatic carbocycles. The Bertz CT molecular complexity index is 590. The summed E-state index contributed by atoms with van der Waals surface area (Å²) in [7, 11) is 0. The average Bonchev–Trinajstić information content (AvgIpc) is 3.22. The lowest BCUT2D eigenvalue weighted by molar-refractivity contribution is 0.0222. The summed E-state index contributed by atoms with van der Waals surface area (Å²) >= 11 is 0. The molecule has 1 N–H and O–H groups in total. The Morgan fingerprint density at radius 3 is 2.32 bits per heavy atom. The fraction of sp³-hybridized carbons (Fsp3) is 0.375. The minimum atomic E-state index is -0.128. The van der Waals surface area contributed by atoms with Crippen molar-refractivity contribution in [3.05, 3.63) is 48.2 Å². The Balaban J connectivity index is 1.75. The van der Waals surface area contributed by atoms with Gasteiger partial charge in [0.1, 0.15) is 5.69 Å². The number of aromatic amines is 1. The predicted octanol–water partition coefficient (Wildman–Crippen LogP) is 1.98. The topological polar surface area (TPSA) is 69.6 Å². The summed E-state index contributed by atoms with van der Waals surface area (Å²) in [6.45, 7) is 4.93. The van der Waals surface area contributed by atoms with E-state index >= 15 is 0 Å². The Morgan fingerprint density at radius 2 is 1.77 bits per heavy atom. The van der Waals surface area contributed by atoms with E-state index in [1.807, 2.05) is 18.7 Å². The fourth-order valence-corrected chi connectivity index (χ4v) is 2.88. The van der Waals surface area contributed by atoms with E-state index in [-0.39, 0.29) is 23.9 Å². The van der Waals surface area contributed by atoms with Gasteiger partial charge in [-0.15, -0.1) is 0 Å². The molecule has 2 aromatic heterocycles. The lowest BCUT2D eigenvalue weighted by Gasteiger charge is -2.44. The van der Waals surface area contributed by atoms with Crippen LogP contribution in [0.2, 0.25) is 0 Å². The number of furan rings is 1. The lowest BCUT2D eigenvalue weighted by atomic mass is 10.0. The van der Waals surface area contributed by atoms with Crippen LogP contribution in [0.4, 0.5) is 0 Å². The van der Waals surface area contributed by atoms with Gasteiger partial charge in [0.2, 0.25) is 0 Å². The van der Waals surface area contributed by atoms with Crippen LogP contribution in [-0.2, 0) is 0 Å². The number of aromatic nitrogens is 1. The van der Waals surface area contributed by atoms with Crippen LogP contribution in [0, 0.1) is 0 Å². The van der Waals surface area contributed by atoms with Crippen molar-refractivity contribution in [1.82, 2.24) is 14.8 Å². The molecule has 1 aliphatic rings. The molecule has 22 heavy (non-hydrogen) atoms. The highest BCUT2D eigenvalue weighted by atomic mass is 16.3. The second-order valence-corrected chi connectivity index (χ2v) is 5.54. The van der Waals surface area contributed by atoms with Crippen LogP contribution in [0.1, 0.15) is 34.9 Å². The summed E-state index contributed by atoms with van der Waals surface area (Å²) in [6, 6.07) is 6.79. The third kappa shape index (κ3) is 2.41. The van der Waals surface area contributed by atoms with E-state index in [0.29, 0.717) is 24.5 Å². The highest BCUT2D eigenvalue weighted by Crippen LogP contribution is 2.21. The number of nitrogens with zero attached hydrogens (tertiary/aromatic N) is 2. The minimum Gasteiger partial charge on any atom is -0.459 e. The molecule has 1 fully saturated rings. The highest BCUT2D eigenvalue weighted by molar-refractivity contribution is 5.94. The van der Waals surface area contributed by atoms with E-state index in [1.54, 1.807) is 35.4 Å². The van der Waals surface area contributed by atoms with E-state index < -0.39 is 0 Å². The van der Waals surface area contributed by atoms with Gasteiger partial charge in [-0.3, -0.25) is 9.59 Å². The van der Waals surface area contributed by atoms with E-state index in [1.165, 1.54) is 6.26 Å². The van der Waals surface area contributed by atoms with E-state index in [4.69, 9.17) is 4.42 Å². The molecule has 6 heteroatoms. The second kappa shape index (κ2) is 5.71. The van der Waals surface area contributed by atoms with Gasteiger partial charge in [0.25, 0.3) is 11.8 Å². The monoisotopic (exact) mass is 301 g/mol. The number of carbonyl (C=O) groups excluding carboxylic acids is 2. The van der Waals surface area contributed by atoms with Crippen molar-refractivity contribution in [2.75, 3.05) is 13.1 Å². The molecule has 2 aromatic rings. The molecule has 1 saturated heterocycles. The number of H-pyrrole nitrogens is 1. The first-order valence-corrected chi connectivity index (χ1v) is 7.38. The summed E-state index contributed by atoms with van der Waals surface area (Å²) in [5.41, 5.74) is 0.574. The summed E-state index contributed by atoms with van der Waals surface area (Å²) in [5, 5.41) is 0. The van der Waals surface area contributed by atoms with Crippen molar-refractivity contribution in [3.8, 4) is 0 Å². The number of rotatable bonds is 2. The summed E-state index contributed by atoms with van der Waals surface area (Å²) < 4.78 is 5.19. The zero-order valence-corrected chi connectivity index (χ0v) is 12.7. The molecule has 0 spiro atoms. The summed E-state index contributed by atoms with van der Waals surface area (Å²) in [6.07, 6.45) is 3.23. The SMILES string of the molecule is C[C@@H]1[C@@H](C)N(C(=O)c2ccco2)CCN1C(=O)c1ccc[nH]1. The maximum atomic E-state index is 12.5. The van der Waals surface area contributed by atoms with Crippen LogP contribution in [0.5, 0.6) is 0 Å². The first-order chi connectivity index (χ1) is 10.6. The van der Waals surface area contributed by atoms with E-state index in [0.717, 1.165) is 0 Å². The normalized spacial score (nSPS) is 21.9. The third-order valence-electron chi connectivity index (χ3n) is 4.35. The smallest absolute Gasteiger partial charge is 0.289 e. The number of amides is 2. The third-order valence-corrected chi connectivity index (χ3v) is 4.35. The van der Waals surface area contributed by atoms with Gasteiger partial charge in [-0.05, 0) is 38.1 Å². The van der Waals surface area contributed by atoms with Gasteiger partial charge in [-0.2, -0.15) is 0 Å². The molecule has 6 nitrogen and oxygen atoms in total. The molecule has 0 aliphatic carbocycles. The summed E-state index contributed by atoms with van der Waals surface area (Å²) in [4.78, 5) is 31.5. The largest absolute Gasteiger partial charge is 0.459 e. The van der Waals surface area contributed by atoms with Crippen LogP contribution < -0.4 is 0 Å². The molecule has 0 bridgehead atoms. The number of piperazine rings is 1. The Kier molecular flexibility index (Phi) is 3.75. The van der Waals surface area contributed by atoms with Gasteiger partial charge in [0.15, 0.2) is 5.76 Å². The van der Waals surface area contributed by atoms with Gasteiger partial charge < -0.3 is 19.2 Å². The number of hydrogen-bond acceptors (Lipinski definition) is 3. The van der Waals surface area contributed by atoms with Gasteiger partial charge in [0, 0.05) is 31.4 Å². The van der Waals surface area contributed by atoms with Crippen molar-refractivity contribution < 1.29 is 14.0 Å². The molecule has 3 rings (SSSR count). The first-order valence-electron chi connectivity index (χ1n) is 7.38. The predicted molar refractivity (Wildman–Crippen MR) is 80.5 cm³/mol. The number of hydrogen-bond donors (Lipinski definition) is 1. The molecular formula is C16H19N3O3. The minimum absolute atomic E-state index is 0.0329. The van der Waals surface area contributed by atoms with Gasteiger partial charge in [0.05, 0.1) is 6.26 Å². The van der Waals surface area contributed by atoms with Crippen molar-refractivity contribution in [2.45, 2.75) is 25.9 Å². The van der Waals surface area contributed by atoms with Crippen molar-refractivity contribution >= 4 is 11.8 Å².